The topological polar surface area (TPSA) is 32.8 Å². The van der Waals surface area contributed by atoms with Crippen LogP contribution in [0.3, 0.4) is 0 Å². The summed E-state index contributed by atoms with van der Waals surface area (Å²) in [5.74, 6) is 0. The zero-order valence-corrected chi connectivity index (χ0v) is 10.4. The van der Waals surface area contributed by atoms with Gasteiger partial charge in [-0.05, 0) is 18.4 Å². The van der Waals surface area contributed by atoms with E-state index in [1.54, 1.807) is 0 Å². The van der Waals surface area contributed by atoms with Crippen molar-refractivity contribution in [1.82, 2.24) is 9.80 Å². The molecule has 18 heavy (non-hydrogen) atoms. The Bertz CT molecular complexity index is 415. The van der Waals surface area contributed by atoms with Crippen LogP contribution in [0, 0.1) is 0 Å². The average Bonchev–Trinajstić information content (AvgIpc) is 3.02. The van der Waals surface area contributed by atoms with Gasteiger partial charge in [-0.25, -0.2) is 4.79 Å². The lowest BCUT2D eigenvalue weighted by atomic mass is 10.2. The van der Waals surface area contributed by atoms with E-state index in [0.29, 0.717) is 13.2 Å². The highest BCUT2D eigenvalue weighted by Crippen LogP contribution is 2.22. The molecular formula is C14H18N2O2. The molecule has 1 aromatic carbocycles. The van der Waals surface area contributed by atoms with Gasteiger partial charge in [0.05, 0.1) is 6.54 Å². The molecule has 0 spiro atoms. The first-order valence-electron chi connectivity index (χ1n) is 6.56. The highest BCUT2D eigenvalue weighted by atomic mass is 16.6. The second-order valence-electron chi connectivity index (χ2n) is 4.91. The summed E-state index contributed by atoms with van der Waals surface area (Å²) in [5.41, 5.74) is 1.15. The van der Waals surface area contributed by atoms with E-state index in [1.807, 2.05) is 35.2 Å². The SMILES string of the molecule is O=C1OC[C@H](N2CCCC2)N1Cc1ccccc1. The minimum absolute atomic E-state index is 0.125. The molecule has 0 N–H and O–H groups in total. The van der Waals surface area contributed by atoms with Gasteiger partial charge in [0.2, 0.25) is 0 Å². The van der Waals surface area contributed by atoms with Gasteiger partial charge in [-0.3, -0.25) is 9.80 Å². The summed E-state index contributed by atoms with van der Waals surface area (Å²) >= 11 is 0. The highest BCUT2D eigenvalue weighted by molar-refractivity contribution is 5.70. The second-order valence-corrected chi connectivity index (χ2v) is 4.91. The molecule has 96 valence electrons. The van der Waals surface area contributed by atoms with Crippen molar-refractivity contribution < 1.29 is 9.53 Å². The number of hydrogen-bond donors (Lipinski definition) is 0. The van der Waals surface area contributed by atoms with Gasteiger partial charge in [-0.15, -0.1) is 0 Å². The molecule has 2 aliphatic heterocycles. The maximum atomic E-state index is 11.8. The molecule has 2 saturated heterocycles. The minimum Gasteiger partial charge on any atom is -0.446 e. The smallest absolute Gasteiger partial charge is 0.411 e. The molecule has 2 aliphatic rings. The van der Waals surface area contributed by atoms with Gasteiger partial charge in [0.25, 0.3) is 0 Å². The molecule has 0 bridgehead atoms. The van der Waals surface area contributed by atoms with Crippen molar-refractivity contribution in [3.63, 3.8) is 0 Å². The van der Waals surface area contributed by atoms with Crippen molar-refractivity contribution in [2.45, 2.75) is 25.6 Å². The second kappa shape index (κ2) is 4.98. The van der Waals surface area contributed by atoms with Crippen molar-refractivity contribution in [1.29, 1.82) is 0 Å². The van der Waals surface area contributed by atoms with Gasteiger partial charge < -0.3 is 4.74 Å². The van der Waals surface area contributed by atoms with E-state index in [2.05, 4.69) is 4.90 Å². The van der Waals surface area contributed by atoms with E-state index in [-0.39, 0.29) is 12.3 Å². The van der Waals surface area contributed by atoms with Crippen LogP contribution in [0.15, 0.2) is 30.3 Å². The minimum atomic E-state index is -0.184. The van der Waals surface area contributed by atoms with E-state index >= 15 is 0 Å². The molecular weight excluding hydrogens is 228 g/mol. The summed E-state index contributed by atoms with van der Waals surface area (Å²) < 4.78 is 5.21. The van der Waals surface area contributed by atoms with E-state index in [0.717, 1.165) is 18.7 Å². The molecule has 0 saturated carbocycles. The molecule has 3 rings (SSSR count). The van der Waals surface area contributed by atoms with E-state index in [4.69, 9.17) is 4.74 Å². The van der Waals surface area contributed by atoms with Crippen LogP contribution < -0.4 is 0 Å². The maximum absolute atomic E-state index is 11.8. The molecule has 1 amide bonds. The molecule has 2 heterocycles. The van der Waals surface area contributed by atoms with Gasteiger partial charge >= 0.3 is 6.09 Å². The predicted molar refractivity (Wildman–Crippen MR) is 67.9 cm³/mol. The fraction of sp³-hybridized carbons (Fsp3) is 0.500. The summed E-state index contributed by atoms with van der Waals surface area (Å²) in [6.07, 6.45) is 2.39. The summed E-state index contributed by atoms with van der Waals surface area (Å²) in [6, 6.07) is 10.1. The van der Waals surface area contributed by atoms with Crippen molar-refractivity contribution >= 4 is 6.09 Å². The lowest BCUT2D eigenvalue weighted by Gasteiger charge is -2.29. The normalized spacial score (nSPS) is 24.6. The molecule has 1 aromatic rings. The van der Waals surface area contributed by atoms with Crippen molar-refractivity contribution in [2.75, 3.05) is 19.7 Å². The number of ether oxygens (including phenoxy) is 1. The van der Waals surface area contributed by atoms with Crippen LogP contribution >= 0.6 is 0 Å². The first kappa shape index (κ1) is 11.5. The van der Waals surface area contributed by atoms with Gasteiger partial charge in [0, 0.05) is 13.1 Å². The number of cyclic esters (lactones) is 1. The Morgan fingerprint density at radius 2 is 1.89 bits per heavy atom. The summed E-state index contributed by atoms with van der Waals surface area (Å²) in [4.78, 5) is 16.0. The van der Waals surface area contributed by atoms with Crippen LogP contribution in [0.1, 0.15) is 18.4 Å². The van der Waals surface area contributed by atoms with E-state index in [1.165, 1.54) is 12.8 Å². The Hall–Kier alpha value is -1.55. The van der Waals surface area contributed by atoms with Crippen LogP contribution in [0.25, 0.3) is 0 Å². The number of hydrogen-bond acceptors (Lipinski definition) is 3. The predicted octanol–water partition coefficient (Wildman–Crippen LogP) is 2.06. The van der Waals surface area contributed by atoms with Crippen LogP contribution in [0.2, 0.25) is 0 Å². The first-order valence-corrected chi connectivity index (χ1v) is 6.56. The van der Waals surface area contributed by atoms with Crippen molar-refractivity contribution in [3.05, 3.63) is 35.9 Å². The van der Waals surface area contributed by atoms with Gasteiger partial charge in [-0.2, -0.15) is 0 Å². The Morgan fingerprint density at radius 1 is 1.17 bits per heavy atom. The average molecular weight is 246 g/mol. The van der Waals surface area contributed by atoms with Gasteiger partial charge in [-0.1, -0.05) is 30.3 Å². The molecule has 0 radical (unpaired) electrons. The Labute approximate surface area is 107 Å². The molecule has 4 heteroatoms. The van der Waals surface area contributed by atoms with Crippen LogP contribution in [0.4, 0.5) is 4.79 Å². The number of amides is 1. The van der Waals surface area contributed by atoms with Crippen molar-refractivity contribution in [3.8, 4) is 0 Å². The Balaban J connectivity index is 1.73. The van der Waals surface area contributed by atoms with Crippen LogP contribution in [-0.2, 0) is 11.3 Å². The molecule has 0 unspecified atom stereocenters. The third-order valence-electron chi connectivity index (χ3n) is 3.71. The number of likely N-dealkylation sites (tertiary alicyclic amines) is 1. The molecule has 2 fully saturated rings. The molecule has 0 aromatic heterocycles. The molecule has 0 aliphatic carbocycles. The number of carbonyl (C=O) groups is 1. The lowest BCUT2D eigenvalue weighted by Crippen LogP contribution is -2.45. The fourth-order valence-corrected chi connectivity index (χ4v) is 2.73. The van der Waals surface area contributed by atoms with Gasteiger partial charge in [0.15, 0.2) is 0 Å². The summed E-state index contributed by atoms with van der Waals surface area (Å²) in [6.45, 7) is 3.30. The van der Waals surface area contributed by atoms with Gasteiger partial charge in [0.1, 0.15) is 12.8 Å². The zero-order chi connectivity index (χ0) is 12.4. The number of rotatable bonds is 3. The highest BCUT2D eigenvalue weighted by Gasteiger charge is 2.37. The molecule has 1 atom stereocenters. The van der Waals surface area contributed by atoms with E-state index < -0.39 is 0 Å². The quantitative estimate of drug-likeness (QED) is 0.818. The number of nitrogens with zero attached hydrogens (tertiary/aromatic N) is 2. The van der Waals surface area contributed by atoms with Crippen LogP contribution in [0.5, 0.6) is 0 Å². The fourth-order valence-electron chi connectivity index (χ4n) is 2.73. The lowest BCUT2D eigenvalue weighted by molar-refractivity contribution is 0.113. The summed E-state index contributed by atoms with van der Waals surface area (Å²) in [7, 11) is 0. The largest absolute Gasteiger partial charge is 0.446 e. The first-order chi connectivity index (χ1) is 8.84. The number of carbonyl (C=O) groups excluding carboxylic acids is 1. The summed E-state index contributed by atoms with van der Waals surface area (Å²) in [5, 5.41) is 0. The van der Waals surface area contributed by atoms with Crippen molar-refractivity contribution in [2.24, 2.45) is 0 Å². The third kappa shape index (κ3) is 2.20. The zero-order valence-electron chi connectivity index (χ0n) is 10.4. The molecule has 4 nitrogen and oxygen atoms in total. The van der Waals surface area contributed by atoms with E-state index in [9.17, 15) is 4.79 Å². The standard InChI is InChI=1S/C14H18N2O2/c17-14-16(10-12-6-2-1-3-7-12)13(11-18-14)15-8-4-5-9-15/h1-3,6-7,13H,4-5,8-11H2/t13-/m1/s1. The number of benzene rings is 1. The Morgan fingerprint density at radius 3 is 2.61 bits per heavy atom. The van der Waals surface area contributed by atoms with Crippen LogP contribution in [-0.4, -0.2) is 41.8 Å². The maximum Gasteiger partial charge on any atom is 0.411 e. The third-order valence-corrected chi connectivity index (χ3v) is 3.71. The monoisotopic (exact) mass is 246 g/mol. The Kier molecular flexibility index (Phi) is 3.19.